The number of sulfone groups is 1. The van der Waals surface area contributed by atoms with E-state index >= 15 is 0 Å². The standard InChI is InChI=1S/C19H19FN2O2S2/c1-13-2-8-16(9-3-13)22-18-12-26(23,24)11-17(18)21-19(22)25-10-14-4-6-15(20)7-5-14/h2-9,17-18H,10-12H2,1H3/t17-,18-/m0/s1. The van der Waals surface area contributed by atoms with Gasteiger partial charge in [0.1, 0.15) is 5.82 Å². The molecule has 1 saturated heterocycles. The Morgan fingerprint density at radius 1 is 1.12 bits per heavy atom. The fourth-order valence-electron chi connectivity index (χ4n) is 3.37. The Balaban J connectivity index is 1.60. The molecule has 4 rings (SSSR count). The number of anilines is 1. The first-order chi connectivity index (χ1) is 12.4. The van der Waals surface area contributed by atoms with E-state index in [4.69, 9.17) is 4.99 Å². The predicted octanol–water partition coefficient (Wildman–Crippen LogP) is 3.41. The minimum Gasteiger partial charge on any atom is -0.315 e. The normalized spacial score (nSPS) is 23.8. The highest BCUT2D eigenvalue weighted by Crippen LogP contribution is 2.36. The van der Waals surface area contributed by atoms with E-state index in [0.29, 0.717) is 5.75 Å². The summed E-state index contributed by atoms with van der Waals surface area (Å²) >= 11 is 1.57. The minimum absolute atomic E-state index is 0.112. The van der Waals surface area contributed by atoms with Crippen molar-refractivity contribution < 1.29 is 12.8 Å². The van der Waals surface area contributed by atoms with Gasteiger partial charge in [0.15, 0.2) is 15.0 Å². The van der Waals surface area contributed by atoms with Crippen LogP contribution >= 0.6 is 11.8 Å². The van der Waals surface area contributed by atoms with E-state index in [9.17, 15) is 12.8 Å². The number of nitrogens with zero attached hydrogens (tertiary/aromatic N) is 2. The zero-order valence-electron chi connectivity index (χ0n) is 14.3. The topological polar surface area (TPSA) is 49.7 Å². The highest BCUT2D eigenvalue weighted by atomic mass is 32.2. The summed E-state index contributed by atoms with van der Waals surface area (Å²) in [6.07, 6.45) is 0. The van der Waals surface area contributed by atoms with Crippen molar-refractivity contribution in [3.63, 3.8) is 0 Å². The molecule has 0 aromatic heterocycles. The molecule has 0 radical (unpaired) electrons. The molecule has 0 bridgehead atoms. The van der Waals surface area contributed by atoms with Crippen LogP contribution in [0, 0.1) is 12.7 Å². The van der Waals surface area contributed by atoms with Crippen molar-refractivity contribution in [1.29, 1.82) is 0 Å². The molecule has 2 aromatic rings. The lowest BCUT2D eigenvalue weighted by molar-refractivity contribution is 0.601. The summed E-state index contributed by atoms with van der Waals surface area (Å²) in [5.74, 6) is 0.655. The van der Waals surface area contributed by atoms with E-state index in [-0.39, 0.29) is 29.4 Å². The van der Waals surface area contributed by atoms with Gasteiger partial charge in [0.05, 0.1) is 23.6 Å². The SMILES string of the molecule is Cc1ccc(N2C(SCc3ccc(F)cc3)=N[C@H]3CS(=O)(=O)C[C@@H]32)cc1. The van der Waals surface area contributed by atoms with E-state index in [1.165, 1.54) is 12.1 Å². The lowest BCUT2D eigenvalue weighted by atomic mass is 10.1. The molecule has 136 valence electrons. The fraction of sp³-hybridized carbons (Fsp3) is 0.316. The average molecular weight is 391 g/mol. The molecule has 1 fully saturated rings. The molecule has 7 heteroatoms. The molecule has 0 spiro atoms. The van der Waals surface area contributed by atoms with E-state index in [1.54, 1.807) is 23.9 Å². The van der Waals surface area contributed by atoms with Gasteiger partial charge in [-0.05, 0) is 36.8 Å². The van der Waals surface area contributed by atoms with Gasteiger partial charge in [-0.2, -0.15) is 0 Å². The molecule has 0 aliphatic carbocycles. The third-order valence-electron chi connectivity index (χ3n) is 4.70. The zero-order valence-corrected chi connectivity index (χ0v) is 15.9. The van der Waals surface area contributed by atoms with Crippen molar-refractivity contribution in [2.24, 2.45) is 4.99 Å². The first-order valence-electron chi connectivity index (χ1n) is 8.43. The Morgan fingerprint density at radius 2 is 1.81 bits per heavy atom. The summed E-state index contributed by atoms with van der Waals surface area (Å²) < 4.78 is 37.2. The number of hydrogen-bond donors (Lipinski definition) is 0. The third kappa shape index (κ3) is 3.50. The largest absolute Gasteiger partial charge is 0.315 e. The molecule has 2 aliphatic heterocycles. The lowest BCUT2D eigenvalue weighted by Crippen LogP contribution is -2.39. The van der Waals surface area contributed by atoms with Crippen LogP contribution in [0.1, 0.15) is 11.1 Å². The lowest BCUT2D eigenvalue weighted by Gasteiger charge is -2.26. The van der Waals surface area contributed by atoms with Gasteiger partial charge >= 0.3 is 0 Å². The molecule has 0 N–H and O–H groups in total. The second-order valence-electron chi connectivity index (χ2n) is 6.74. The summed E-state index contributed by atoms with van der Waals surface area (Å²) in [6, 6.07) is 14.1. The molecule has 0 saturated carbocycles. The second-order valence-corrected chi connectivity index (χ2v) is 9.84. The molecule has 2 atom stereocenters. The molecule has 2 aromatic carbocycles. The number of fused-ring (bicyclic) bond motifs is 1. The Hall–Kier alpha value is -1.86. The predicted molar refractivity (Wildman–Crippen MR) is 105 cm³/mol. The average Bonchev–Trinajstić information content (AvgIpc) is 3.06. The van der Waals surface area contributed by atoms with Crippen LogP contribution in [0.25, 0.3) is 0 Å². The molecular weight excluding hydrogens is 371 g/mol. The highest BCUT2D eigenvalue weighted by molar-refractivity contribution is 8.13. The Morgan fingerprint density at radius 3 is 2.50 bits per heavy atom. The van der Waals surface area contributed by atoms with Crippen LogP contribution in [0.5, 0.6) is 0 Å². The fourth-order valence-corrected chi connectivity index (χ4v) is 6.29. The van der Waals surface area contributed by atoms with Gasteiger partial charge in [-0.25, -0.2) is 12.8 Å². The zero-order chi connectivity index (χ0) is 18.3. The van der Waals surface area contributed by atoms with E-state index in [1.807, 2.05) is 31.2 Å². The van der Waals surface area contributed by atoms with E-state index < -0.39 is 9.84 Å². The number of hydrogen-bond acceptors (Lipinski definition) is 5. The minimum atomic E-state index is -3.05. The smallest absolute Gasteiger partial charge is 0.164 e. The number of halogens is 1. The number of thioether (sulfide) groups is 1. The Bertz CT molecular complexity index is 941. The molecule has 4 nitrogen and oxygen atoms in total. The summed E-state index contributed by atoms with van der Waals surface area (Å²) in [4.78, 5) is 6.77. The quantitative estimate of drug-likeness (QED) is 0.806. The molecule has 2 aliphatic rings. The van der Waals surface area contributed by atoms with Gasteiger partial charge in [-0.3, -0.25) is 4.99 Å². The molecule has 0 amide bonds. The Labute approximate surface area is 157 Å². The van der Waals surface area contributed by atoms with Gasteiger partial charge in [-0.15, -0.1) is 0 Å². The summed E-state index contributed by atoms with van der Waals surface area (Å²) in [6.45, 7) is 2.02. The maximum absolute atomic E-state index is 13.1. The van der Waals surface area contributed by atoms with Crippen LogP contribution in [0.4, 0.5) is 10.1 Å². The number of benzene rings is 2. The van der Waals surface area contributed by atoms with Crippen molar-refractivity contribution in [3.8, 4) is 0 Å². The number of aliphatic imine (C=N–C) groups is 1. The first-order valence-corrected chi connectivity index (χ1v) is 11.2. The van der Waals surface area contributed by atoms with Crippen molar-refractivity contribution in [2.75, 3.05) is 16.4 Å². The number of rotatable bonds is 3. The van der Waals surface area contributed by atoms with Crippen LogP contribution in [0.15, 0.2) is 53.5 Å². The van der Waals surface area contributed by atoms with Crippen molar-refractivity contribution >= 4 is 32.5 Å². The molecular formula is C19H19FN2O2S2. The monoisotopic (exact) mass is 390 g/mol. The van der Waals surface area contributed by atoms with Crippen LogP contribution in [0.3, 0.4) is 0 Å². The van der Waals surface area contributed by atoms with Crippen LogP contribution in [0.2, 0.25) is 0 Å². The molecule has 0 unspecified atom stereocenters. The summed E-state index contributed by atoms with van der Waals surface area (Å²) in [5, 5.41) is 0.836. The molecule has 26 heavy (non-hydrogen) atoms. The van der Waals surface area contributed by atoms with E-state index in [2.05, 4.69) is 4.90 Å². The Kier molecular flexibility index (Phi) is 4.52. The third-order valence-corrected chi connectivity index (χ3v) is 7.44. The van der Waals surface area contributed by atoms with Gasteiger partial charge in [-0.1, -0.05) is 41.6 Å². The maximum atomic E-state index is 13.1. The second kappa shape index (κ2) is 6.70. The van der Waals surface area contributed by atoms with Crippen molar-refractivity contribution in [3.05, 3.63) is 65.5 Å². The van der Waals surface area contributed by atoms with Crippen molar-refractivity contribution in [1.82, 2.24) is 0 Å². The number of aryl methyl sites for hydroxylation is 1. The van der Waals surface area contributed by atoms with Crippen LogP contribution < -0.4 is 4.90 Å². The number of amidine groups is 1. The maximum Gasteiger partial charge on any atom is 0.164 e. The van der Waals surface area contributed by atoms with E-state index in [0.717, 1.165) is 22.0 Å². The van der Waals surface area contributed by atoms with Gasteiger partial charge in [0, 0.05) is 11.4 Å². The summed E-state index contributed by atoms with van der Waals surface area (Å²) in [7, 11) is -3.05. The van der Waals surface area contributed by atoms with Gasteiger partial charge in [0.2, 0.25) is 0 Å². The first kappa shape index (κ1) is 17.5. The van der Waals surface area contributed by atoms with Crippen LogP contribution in [-0.2, 0) is 15.6 Å². The van der Waals surface area contributed by atoms with Gasteiger partial charge in [0.25, 0.3) is 0 Å². The summed E-state index contributed by atoms with van der Waals surface area (Å²) in [5.41, 5.74) is 3.12. The van der Waals surface area contributed by atoms with Gasteiger partial charge < -0.3 is 4.90 Å². The van der Waals surface area contributed by atoms with Crippen LogP contribution in [-0.4, -0.2) is 37.2 Å². The highest BCUT2D eigenvalue weighted by Gasteiger charge is 2.47. The molecule has 2 heterocycles. The van der Waals surface area contributed by atoms with Crippen molar-refractivity contribution in [2.45, 2.75) is 24.8 Å².